The highest BCUT2D eigenvalue weighted by Crippen LogP contribution is 2.31. The van der Waals surface area contributed by atoms with Crippen molar-refractivity contribution in [2.45, 2.75) is 57.8 Å². The largest absolute Gasteiger partial charge is 0.494 e. The molecule has 1 amide bonds. The van der Waals surface area contributed by atoms with Crippen molar-refractivity contribution in [2.24, 2.45) is 0 Å². The SMILES string of the molecule is CCOc1cc(OCC)cc(-n2cc(C(=O)N(CC)c3cc(F)cc(F)c3)c(=O)c3ccc(SCCCCCCC[N+]4(C)CCOCC4)cc32)c1. The van der Waals surface area contributed by atoms with Crippen LogP contribution in [0.4, 0.5) is 14.5 Å². The van der Waals surface area contributed by atoms with E-state index in [0.29, 0.717) is 41.3 Å². The van der Waals surface area contributed by atoms with Crippen molar-refractivity contribution in [3.8, 4) is 17.2 Å². The number of fused-ring (bicyclic) bond motifs is 1. The third-order valence-corrected chi connectivity index (χ3v) is 10.4. The van der Waals surface area contributed by atoms with Crippen LogP contribution >= 0.6 is 11.8 Å². The molecule has 0 radical (unpaired) electrons. The summed E-state index contributed by atoms with van der Waals surface area (Å²) in [6.07, 6.45) is 7.44. The molecular formula is C40H50F2N3O5S+. The van der Waals surface area contributed by atoms with Gasteiger partial charge in [0.15, 0.2) is 0 Å². The van der Waals surface area contributed by atoms with Gasteiger partial charge in [-0.3, -0.25) is 9.59 Å². The predicted molar refractivity (Wildman–Crippen MR) is 201 cm³/mol. The first-order valence-electron chi connectivity index (χ1n) is 18.1. The number of nitrogens with zero attached hydrogens (tertiary/aromatic N) is 3. The lowest BCUT2D eigenvalue weighted by atomic mass is 10.1. The van der Waals surface area contributed by atoms with Crippen LogP contribution in [0.2, 0.25) is 0 Å². The van der Waals surface area contributed by atoms with E-state index in [2.05, 4.69) is 7.05 Å². The maximum atomic E-state index is 14.2. The summed E-state index contributed by atoms with van der Waals surface area (Å²) in [6, 6.07) is 14.1. The van der Waals surface area contributed by atoms with Gasteiger partial charge in [0.2, 0.25) is 5.43 Å². The summed E-state index contributed by atoms with van der Waals surface area (Å²) < 4.78 is 48.5. The Bertz CT molecular complexity index is 1820. The summed E-state index contributed by atoms with van der Waals surface area (Å²) in [5.41, 5.74) is 0.703. The van der Waals surface area contributed by atoms with Gasteiger partial charge in [-0.15, -0.1) is 11.8 Å². The van der Waals surface area contributed by atoms with Gasteiger partial charge in [-0.2, -0.15) is 0 Å². The summed E-state index contributed by atoms with van der Waals surface area (Å²) in [7, 11) is 2.34. The average Bonchev–Trinajstić information content (AvgIpc) is 3.10. The lowest BCUT2D eigenvalue weighted by molar-refractivity contribution is -0.917. The molecule has 1 saturated heterocycles. The molecule has 0 N–H and O–H groups in total. The predicted octanol–water partition coefficient (Wildman–Crippen LogP) is 8.25. The molecule has 4 aromatic rings. The van der Waals surface area contributed by atoms with E-state index in [1.54, 1.807) is 35.4 Å². The fraction of sp³-hybridized carbons (Fsp3) is 0.450. The first kappa shape index (κ1) is 38.3. The summed E-state index contributed by atoms with van der Waals surface area (Å²) in [6.45, 7) is 11.6. The van der Waals surface area contributed by atoms with Crippen LogP contribution < -0.4 is 19.8 Å². The number of aromatic nitrogens is 1. The third kappa shape index (κ3) is 9.90. The Morgan fingerprint density at radius 1 is 0.882 bits per heavy atom. The van der Waals surface area contributed by atoms with Gasteiger partial charge in [-0.05, 0) is 76.1 Å². The lowest BCUT2D eigenvalue weighted by Gasteiger charge is -2.37. The topological polar surface area (TPSA) is 70.0 Å². The van der Waals surface area contributed by atoms with Crippen molar-refractivity contribution < 1.29 is 32.3 Å². The molecule has 0 unspecified atom stereocenters. The van der Waals surface area contributed by atoms with E-state index in [1.165, 1.54) is 36.9 Å². The number of likely N-dealkylation sites (N-methyl/N-ethyl adjacent to an activating group) is 1. The van der Waals surface area contributed by atoms with Crippen LogP contribution in [-0.4, -0.2) is 80.4 Å². The van der Waals surface area contributed by atoms with Crippen molar-refractivity contribution >= 4 is 34.3 Å². The number of ether oxygens (including phenoxy) is 3. The van der Waals surface area contributed by atoms with Crippen molar-refractivity contribution in [1.29, 1.82) is 0 Å². The zero-order valence-electron chi connectivity index (χ0n) is 30.2. The Hall–Kier alpha value is -3.93. The van der Waals surface area contributed by atoms with Crippen LogP contribution in [-0.2, 0) is 4.74 Å². The van der Waals surface area contributed by atoms with E-state index in [0.717, 1.165) is 72.5 Å². The van der Waals surface area contributed by atoms with Crippen LogP contribution in [0, 0.1) is 11.6 Å². The van der Waals surface area contributed by atoms with E-state index in [-0.39, 0.29) is 17.8 Å². The number of carbonyl (C=O) groups excluding carboxylic acids is 1. The molecule has 8 nitrogen and oxygen atoms in total. The zero-order valence-corrected chi connectivity index (χ0v) is 31.0. The quantitative estimate of drug-likeness (QED) is 0.0622. The molecule has 5 rings (SSSR count). The number of benzene rings is 3. The maximum Gasteiger partial charge on any atom is 0.263 e. The summed E-state index contributed by atoms with van der Waals surface area (Å²) >= 11 is 1.74. The van der Waals surface area contributed by atoms with Crippen molar-refractivity contribution in [2.75, 3.05) is 70.3 Å². The van der Waals surface area contributed by atoms with E-state index < -0.39 is 23.0 Å². The van der Waals surface area contributed by atoms with Gasteiger partial charge in [-0.1, -0.05) is 12.8 Å². The summed E-state index contributed by atoms with van der Waals surface area (Å²) in [5, 5.41) is 0.350. The van der Waals surface area contributed by atoms with E-state index in [1.807, 2.05) is 38.1 Å². The second-order valence-electron chi connectivity index (χ2n) is 13.1. The van der Waals surface area contributed by atoms with Crippen LogP contribution in [0.1, 0.15) is 63.2 Å². The van der Waals surface area contributed by atoms with Crippen LogP contribution in [0.25, 0.3) is 16.6 Å². The van der Waals surface area contributed by atoms with E-state index in [9.17, 15) is 18.4 Å². The molecule has 1 fully saturated rings. The molecule has 11 heteroatoms. The number of anilines is 1. The summed E-state index contributed by atoms with van der Waals surface area (Å²) in [5.74, 6) is -0.180. The molecule has 0 saturated carbocycles. The number of carbonyl (C=O) groups is 1. The number of halogens is 2. The number of amides is 1. The molecule has 51 heavy (non-hydrogen) atoms. The van der Waals surface area contributed by atoms with Crippen LogP contribution in [0.15, 0.2) is 70.5 Å². The summed E-state index contributed by atoms with van der Waals surface area (Å²) in [4.78, 5) is 30.3. The highest BCUT2D eigenvalue weighted by atomic mass is 32.2. The highest BCUT2D eigenvalue weighted by molar-refractivity contribution is 7.99. The maximum absolute atomic E-state index is 14.2. The van der Waals surface area contributed by atoms with Crippen LogP contribution in [0.5, 0.6) is 11.5 Å². The first-order chi connectivity index (χ1) is 24.6. The number of morpholine rings is 1. The van der Waals surface area contributed by atoms with Gasteiger partial charge in [0.05, 0.1) is 51.2 Å². The Labute approximate surface area is 303 Å². The van der Waals surface area contributed by atoms with Crippen molar-refractivity contribution in [3.63, 3.8) is 0 Å². The molecule has 0 atom stereocenters. The molecule has 2 heterocycles. The molecule has 1 aromatic heterocycles. The Morgan fingerprint density at radius 3 is 2.18 bits per heavy atom. The normalized spacial score (nSPS) is 14.1. The van der Waals surface area contributed by atoms with Gasteiger partial charge in [0, 0.05) is 53.0 Å². The Morgan fingerprint density at radius 2 is 1.53 bits per heavy atom. The molecule has 3 aromatic carbocycles. The molecule has 1 aliphatic heterocycles. The number of thioether (sulfide) groups is 1. The molecular weight excluding hydrogens is 673 g/mol. The van der Waals surface area contributed by atoms with Crippen LogP contribution in [0.3, 0.4) is 0 Å². The standard InChI is InChI=1S/C40H50F2N3O5S/c1-5-43(31-22-29(41)21-30(42)23-31)40(47)37-28-44(32-24-33(49-6-2)26-34(25-32)50-7-3)38-27-35(13-14-36(38)39(37)46)51-20-12-10-8-9-11-15-45(4)16-18-48-19-17-45/h13-14,21-28H,5-12,15-20H2,1-4H3/q+1. The second kappa shape index (κ2) is 18.0. The number of rotatable bonds is 17. The van der Waals surface area contributed by atoms with E-state index >= 15 is 0 Å². The third-order valence-electron chi connectivity index (χ3n) is 9.35. The van der Waals surface area contributed by atoms with Gasteiger partial charge < -0.3 is 28.2 Å². The van der Waals surface area contributed by atoms with Gasteiger partial charge in [0.1, 0.15) is 41.8 Å². The number of pyridine rings is 1. The molecule has 0 bridgehead atoms. The lowest BCUT2D eigenvalue weighted by Crippen LogP contribution is -2.52. The fourth-order valence-corrected chi connectivity index (χ4v) is 7.51. The minimum absolute atomic E-state index is 0.0301. The minimum atomic E-state index is -0.812. The monoisotopic (exact) mass is 722 g/mol. The highest BCUT2D eigenvalue weighted by Gasteiger charge is 2.25. The second-order valence-corrected chi connectivity index (χ2v) is 14.3. The number of quaternary nitrogens is 1. The van der Waals surface area contributed by atoms with Gasteiger partial charge in [-0.25, -0.2) is 8.78 Å². The number of hydrogen-bond acceptors (Lipinski definition) is 6. The zero-order chi connectivity index (χ0) is 36.4. The fourth-order valence-electron chi connectivity index (χ4n) is 6.56. The van der Waals surface area contributed by atoms with Gasteiger partial charge in [0.25, 0.3) is 5.91 Å². The molecule has 274 valence electrons. The van der Waals surface area contributed by atoms with Crippen molar-refractivity contribution in [3.05, 3.63) is 88.2 Å². The Balaban J connectivity index is 1.41. The molecule has 0 spiro atoms. The van der Waals surface area contributed by atoms with E-state index in [4.69, 9.17) is 14.2 Å². The average molecular weight is 723 g/mol. The Kier molecular flexibility index (Phi) is 13.5. The molecule has 1 aliphatic rings. The number of hydrogen-bond donors (Lipinski definition) is 0. The first-order valence-corrected chi connectivity index (χ1v) is 19.1. The minimum Gasteiger partial charge on any atom is -0.494 e. The molecule has 0 aliphatic carbocycles. The number of unbranched alkanes of at least 4 members (excludes halogenated alkanes) is 4. The van der Waals surface area contributed by atoms with Crippen molar-refractivity contribution in [1.82, 2.24) is 4.57 Å². The smallest absolute Gasteiger partial charge is 0.263 e. The van der Waals surface area contributed by atoms with Gasteiger partial charge >= 0.3 is 0 Å².